The third-order valence-electron chi connectivity index (χ3n) is 3.96. The van der Waals surface area contributed by atoms with Crippen molar-refractivity contribution in [1.82, 2.24) is 20.0 Å². The lowest BCUT2D eigenvalue weighted by atomic mass is 10.1. The molecule has 0 spiro atoms. The largest absolute Gasteiger partial charge is 0.491 e. The van der Waals surface area contributed by atoms with Gasteiger partial charge in [0.05, 0.1) is 6.54 Å². The summed E-state index contributed by atoms with van der Waals surface area (Å²) in [5.41, 5.74) is 2.03. The third-order valence-corrected chi connectivity index (χ3v) is 3.96. The van der Waals surface area contributed by atoms with Crippen LogP contribution in [0.4, 0.5) is 10.5 Å². The van der Waals surface area contributed by atoms with Crippen molar-refractivity contribution >= 4 is 17.6 Å². The normalized spacial score (nSPS) is 13.4. The van der Waals surface area contributed by atoms with Crippen molar-refractivity contribution in [3.05, 3.63) is 41.7 Å². The Morgan fingerprint density at radius 2 is 2.16 bits per heavy atom. The Morgan fingerprint density at radius 3 is 2.88 bits per heavy atom. The molecule has 2 heterocycles. The third kappa shape index (κ3) is 3.73. The number of aromatic nitrogens is 2. The van der Waals surface area contributed by atoms with Gasteiger partial charge in [-0.25, -0.2) is 4.79 Å². The second-order valence-electron chi connectivity index (χ2n) is 5.72. The lowest BCUT2D eigenvalue weighted by Crippen LogP contribution is -2.33. The second-order valence-corrected chi connectivity index (χ2v) is 5.72. The van der Waals surface area contributed by atoms with Gasteiger partial charge < -0.3 is 20.3 Å². The van der Waals surface area contributed by atoms with Crippen molar-refractivity contribution < 1.29 is 14.3 Å². The van der Waals surface area contributed by atoms with Crippen molar-refractivity contribution in [2.75, 3.05) is 25.0 Å². The van der Waals surface area contributed by atoms with E-state index in [-0.39, 0.29) is 11.9 Å². The van der Waals surface area contributed by atoms with Crippen molar-refractivity contribution in [3.63, 3.8) is 0 Å². The smallest absolute Gasteiger partial charge is 0.319 e. The van der Waals surface area contributed by atoms with Gasteiger partial charge in [0, 0.05) is 37.6 Å². The van der Waals surface area contributed by atoms with Crippen LogP contribution in [-0.2, 0) is 13.6 Å². The Labute approximate surface area is 145 Å². The number of nitrogens with one attached hydrogen (secondary N) is 2. The molecule has 2 N–H and O–H groups in total. The van der Waals surface area contributed by atoms with E-state index < -0.39 is 0 Å². The van der Waals surface area contributed by atoms with Gasteiger partial charge in [0.2, 0.25) is 0 Å². The Balaban J connectivity index is 1.80. The van der Waals surface area contributed by atoms with Gasteiger partial charge in [0.1, 0.15) is 18.1 Å². The fraction of sp³-hybridized carbons (Fsp3) is 0.353. The number of fused-ring (bicyclic) bond motifs is 1. The first-order chi connectivity index (χ1) is 12.1. The Bertz CT molecular complexity index is 786. The first-order valence-corrected chi connectivity index (χ1v) is 8.16. The van der Waals surface area contributed by atoms with Gasteiger partial charge in [0.15, 0.2) is 0 Å². The van der Waals surface area contributed by atoms with E-state index in [0.29, 0.717) is 37.6 Å². The lowest BCUT2D eigenvalue weighted by molar-refractivity contribution is 0.0722. The number of hydrogen-bond acceptors (Lipinski definition) is 4. The topological polar surface area (TPSA) is 88.5 Å². The van der Waals surface area contributed by atoms with Crippen molar-refractivity contribution in [2.45, 2.75) is 13.5 Å². The highest BCUT2D eigenvalue weighted by Crippen LogP contribution is 2.27. The number of anilines is 1. The van der Waals surface area contributed by atoms with E-state index in [4.69, 9.17) is 4.74 Å². The molecule has 0 unspecified atom stereocenters. The summed E-state index contributed by atoms with van der Waals surface area (Å²) in [6.45, 7) is 3.71. The standard InChI is InChI=1S/C17H21N5O3/c1-3-18-17(24)20-13-4-5-15-12(10-13)11-22(8-9-25-15)16(23)14-6-7-19-21(14)2/h4-7,10H,3,8-9,11H2,1-2H3,(H2,18,20,24). The van der Waals surface area contributed by atoms with Crippen molar-refractivity contribution in [1.29, 1.82) is 0 Å². The summed E-state index contributed by atoms with van der Waals surface area (Å²) in [5, 5.41) is 9.50. The maximum Gasteiger partial charge on any atom is 0.319 e. The predicted octanol–water partition coefficient (Wildman–Crippen LogP) is 1.60. The van der Waals surface area contributed by atoms with Gasteiger partial charge in [-0.05, 0) is 31.2 Å². The maximum absolute atomic E-state index is 12.7. The van der Waals surface area contributed by atoms with E-state index in [1.54, 1.807) is 35.0 Å². The molecule has 1 aromatic carbocycles. The van der Waals surface area contributed by atoms with E-state index in [9.17, 15) is 9.59 Å². The molecule has 1 aliphatic rings. The number of carbonyl (C=O) groups is 2. The summed E-state index contributed by atoms with van der Waals surface area (Å²) < 4.78 is 7.30. The lowest BCUT2D eigenvalue weighted by Gasteiger charge is -2.20. The van der Waals surface area contributed by atoms with E-state index in [1.165, 1.54) is 0 Å². The molecule has 3 amide bonds. The summed E-state index contributed by atoms with van der Waals surface area (Å²) in [6.07, 6.45) is 1.60. The number of urea groups is 1. The van der Waals surface area contributed by atoms with Gasteiger partial charge in [-0.15, -0.1) is 0 Å². The van der Waals surface area contributed by atoms with Crippen LogP contribution in [0.15, 0.2) is 30.5 Å². The van der Waals surface area contributed by atoms with E-state index in [2.05, 4.69) is 15.7 Å². The van der Waals surface area contributed by atoms with Crippen molar-refractivity contribution in [3.8, 4) is 5.75 Å². The highest BCUT2D eigenvalue weighted by atomic mass is 16.5. The summed E-state index contributed by atoms with van der Waals surface area (Å²) in [4.78, 5) is 26.1. The molecule has 1 aliphatic heterocycles. The Morgan fingerprint density at radius 1 is 1.32 bits per heavy atom. The van der Waals surface area contributed by atoms with Crippen LogP contribution in [0.3, 0.4) is 0 Å². The zero-order chi connectivity index (χ0) is 17.8. The molecular formula is C17H21N5O3. The number of carbonyl (C=O) groups excluding carboxylic acids is 2. The number of rotatable bonds is 3. The summed E-state index contributed by atoms with van der Waals surface area (Å²) >= 11 is 0. The van der Waals surface area contributed by atoms with Crippen LogP contribution in [0.2, 0.25) is 0 Å². The van der Waals surface area contributed by atoms with E-state index in [1.807, 2.05) is 19.1 Å². The van der Waals surface area contributed by atoms with Gasteiger partial charge >= 0.3 is 6.03 Å². The van der Waals surface area contributed by atoms with Crippen LogP contribution < -0.4 is 15.4 Å². The van der Waals surface area contributed by atoms with E-state index >= 15 is 0 Å². The van der Waals surface area contributed by atoms with Crippen LogP contribution in [-0.4, -0.2) is 46.3 Å². The number of amides is 3. The molecule has 25 heavy (non-hydrogen) atoms. The monoisotopic (exact) mass is 343 g/mol. The molecule has 1 aromatic heterocycles. The number of aryl methyl sites for hydroxylation is 1. The fourth-order valence-electron chi connectivity index (χ4n) is 2.73. The van der Waals surface area contributed by atoms with Crippen LogP contribution in [0.5, 0.6) is 5.75 Å². The van der Waals surface area contributed by atoms with Gasteiger partial charge in [-0.2, -0.15) is 5.10 Å². The summed E-state index contributed by atoms with van der Waals surface area (Å²) in [7, 11) is 1.74. The number of hydrogen-bond donors (Lipinski definition) is 2. The molecule has 0 radical (unpaired) electrons. The second kappa shape index (κ2) is 7.25. The molecular weight excluding hydrogens is 322 g/mol. The summed E-state index contributed by atoms with van der Waals surface area (Å²) in [5.74, 6) is 0.625. The molecule has 132 valence electrons. The highest BCUT2D eigenvalue weighted by molar-refractivity contribution is 5.92. The SMILES string of the molecule is CCNC(=O)Nc1ccc2c(c1)CN(C(=O)c1ccnn1C)CCO2. The molecule has 2 aromatic rings. The number of benzene rings is 1. The first-order valence-electron chi connectivity index (χ1n) is 8.16. The summed E-state index contributed by atoms with van der Waals surface area (Å²) in [6, 6.07) is 6.86. The minimum absolute atomic E-state index is 0.0986. The van der Waals surface area contributed by atoms with Crippen molar-refractivity contribution in [2.24, 2.45) is 7.05 Å². The van der Waals surface area contributed by atoms with Crippen LogP contribution >= 0.6 is 0 Å². The van der Waals surface area contributed by atoms with Crippen LogP contribution in [0, 0.1) is 0 Å². The molecule has 0 fully saturated rings. The van der Waals surface area contributed by atoms with Gasteiger partial charge in [-0.1, -0.05) is 0 Å². The number of nitrogens with zero attached hydrogens (tertiary/aromatic N) is 3. The highest BCUT2D eigenvalue weighted by Gasteiger charge is 2.23. The van der Waals surface area contributed by atoms with Crippen LogP contribution in [0.25, 0.3) is 0 Å². The molecule has 0 aliphatic carbocycles. The molecule has 0 saturated heterocycles. The Kier molecular flexibility index (Phi) is 4.87. The number of ether oxygens (including phenoxy) is 1. The quantitative estimate of drug-likeness (QED) is 0.886. The molecule has 0 bridgehead atoms. The van der Waals surface area contributed by atoms with Gasteiger partial charge in [0.25, 0.3) is 5.91 Å². The van der Waals surface area contributed by atoms with Crippen LogP contribution in [0.1, 0.15) is 23.0 Å². The molecule has 8 heteroatoms. The van der Waals surface area contributed by atoms with Gasteiger partial charge in [-0.3, -0.25) is 9.48 Å². The zero-order valence-corrected chi connectivity index (χ0v) is 14.3. The molecule has 8 nitrogen and oxygen atoms in total. The molecule has 0 atom stereocenters. The minimum Gasteiger partial charge on any atom is -0.491 e. The maximum atomic E-state index is 12.7. The first kappa shape index (κ1) is 16.8. The average molecular weight is 343 g/mol. The molecule has 3 rings (SSSR count). The zero-order valence-electron chi connectivity index (χ0n) is 14.3. The molecule has 0 saturated carbocycles. The minimum atomic E-state index is -0.264. The predicted molar refractivity (Wildman–Crippen MR) is 92.6 cm³/mol. The fourth-order valence-corrected chi connectivity index (χ4v) is 2.73. The van der Waals surface area contributed by atoms with E-state index in [0.717, 1.165) is 11.3 Å². The Hall–Kier alpha value is -3.03. The average Bonchev–Trinajstić information content (AvgIpc) is 2.89.